The molecule has 0 aromatic carbocycles. The molecule has 0 aliphatic heterocycles. The highest BCUT2D eigenvalue weighted by Crippen LogP contribution is 2.12. The van der Waals surface area contributed by atoms with Gasteiger partial charge in [0.15, 0.2) is 0 Å². The Hall–Kier alpha value is -1.30. The number of carbonyl (C=O) groups excluding carboxylic acids is 1. The molecule has 0 saturated carbocycles. The maximum absolute atomic E-state index is 10.7. The first-order valence-electron chi connectivity index (χ1n) is 4.87. The van der Waals surface area contributed by atoms with Crippen molar-refractivity contribution in [3.8, 4) is 6.07 Å². The summed E-state index contributed by atoms with van der Waals surface area (Å²) in [5, 5.41) is 11.4. The topological polar surface area (TPSA) is 52.9 Å². The van der Waals surface area contributed by atoms with Crippen molar-refractivity contribution in [2.24, 2.45) is 5.92 Å². The molecule has 0 fully saturated rings. The van der Waals surface area contributed by atoms with E-state index in [1.54, 1.807) is 0 Å². The summed E-state index contributed by atoms with van der Waals surface area (Å²) in [6.07, 6.45) is 4.56. The summed E-state index contributed by atoms with van der Waals surface area (Å²) in [6, 6.07) is 1.73. The molecule has 1 unspecified atom stereocenters. The molecule has 0 bridgehead atoms. The summed E-state index contributed by atoms with van der Waals surface area (Å²) in [6.45, 7) is 7.15. The lowest BCUT2D eigenvalue weighted by molar-refractivity contribution is -0.119. The summed E-state index contributed by atoms with van der Waals surface area (Å²) in [4.78, 5) is 10.7. The van der Waals surface area contributed by atoms with E-state index in [9.17, 15) is 4.79 Å². The van der Waals surface area contributed by atoms with Crippen LogP contribution in [-0.4, -0.2) is 11.9 Å². The number of hydrogen-bond acceptors (Lipinski definition) is 2. The van der Waals surface area contributed by atoms with Crippen molar-refractivity contribution in [2.45, 2.75) is 39.2 Å². The first-order chi connectivity index (χ1) is 6.60. The monoisotopic (exact) mass is 194 g/mol. The summed E-state index contributed by atoms with van der Waals surface area (Å²) in [5.74, 6) is 0.289. The highest BCUT2D eigenvalue weighted by molar-refractivity contribution is 5.73. The van der Waals surface area contributed by atoms with Gasteiger partial charge in [0.1, 0.15) is 6.04 Å². The van der Waals surface area contributed by atoms with Crippen LogP contribution in [0.2, 0.25) is 0 Å². The van der Waals surface area contributed by atoms with Crippen molar-refractivity contribution in [3.05, 3.63) is 12.7 Å². The summed E-state index contributed by atoms with van der Waals surface area (Å²) in [7, 11) is 0. The van der Waals surface area contributed by atoms with Crippen LogP contribution < -0.4 is 5.32 Å². The molecular formula is C11H18N2O. The Kier molecular flexibility index (Phi) is 6.47. The van der Waals surface area contributed by atoms with Crippen LogP contribution in [0.25, 0.3) is 0 Å². The van der Waals surface area contributed by atoms with Crippen LogP contribution in [0.15, 0.2) is 12.7 Å². The van der Waals surface area contributed by atoms with Crippen molar-refractivity contribution in [3.63, 3.8) is 0 Å². The predicted octanol–water partition coefficient (Wildman–Crippen LogP) is 2.01. The van der Waals surface area contributed by atoms with Crippen molar-refractivity contribution >= 4 is 5.91 Å². The minimum Gasteiger partial charge on any atom is -0.341 e. The molecular weight excluding hydrogens is 176 g/mol. The van der Waals surface area contributed by atoms with Crippen molar-refractivity contribution in [1.29, 1.82) is 5.26 Å². The molecule has 0 aliphatic rings. The lowest BCUT2D eigenvalue weighted by atomic mass is 9.97. The van der Waals surface area contributed by atoms with E-state index in [1.807, 2.05) is 6.08 Å². The highest BCUT2D eigenvalue weighted by Gasteiger charge is 2.12. The number of rotatable bonds is 6. The molecule has 3 heteroatoms. The average molecular weight is 194 g/mol. The predicted molar refractivity (Wildman–Crippen MR) is 56.4 cm³/mol. The third-order valence-corrected chi connectivity index (χ3v) is 2.03. The number of nitrogens with one attached hydrogen (secondary N) is 1. The number of nitriles is 1. The minimum atomic E-state index is -0.354. The Bertz CT molecular complexity index is 230. The number of nitrogens with zero attached hydrogens (tertiary/aromatic N) is 1. The van der Waals surface area contributed by atoms with Crippen LogP contribution in [0.4, 0.5) is 0 Å². The van der Waals surface area contributed by atoms with E-state index in [0.717, 1.165) is 12.8 Å². The molecule has 0 rings (SSSR count). The van der Waals surface area contributed by atoms with Gasteiger partial charge in [-0.3, -0.25) is 4.79 Å². The fourth-order valence-electron chi connectivity index (χ4n) is 1.31. The number of carbonyl (C=O) groups is 1. The van der Waals surface area contributed by atoms with E-state index in [2.05, 4.69) is 24.9 Å². The van der Waals surface area contributed by atoms with Gasteiger partial charge in [-0.25, -0.2) is 0 Å². The zero-order chi connectivity index (χ0) is 11.0. The SMILES string of the molecule is C=CCCC(C)C[C@H](C#N)NC(C)=O. The molecule has 2 atom stereocenters. The molecule has 1 N–H and O–H groups in total. The van der Waals surface area contributed by atoms with Gasteiger partial charge in [0.05, 0.1) is 6.07 Å². The van der Waals surface area contributed by atoms with Crippen LogP contribution in [0.1, 0.15) is 33.1 Å². The van der Waals surface area contributed by atoms with Gasteiger partial charge in [-0.1, -0.05) is 13.0 Å². The molecule has 3 nitrogen and oxygen atoms in total. The van der Waals surface area contributed by atoms with E-state index in [4.69, 9.17) is 5.26 Å². The maximum Gasteiger partial charge on any atom is 0.217 e. The summed E-state index contributed by atoms with van der Waals surface area (Å²) < 4.78 is 0. The van der Waals surface area contributed by atoms with Crippen molar-refractivity contribution in [2.75, 3.05) is 0 Å². The van der Waals surface area contributed by atoms with Crippen LogP contribution in [-0.2, 0) is 4.79 Å². The third-order valence-electron chi connectivity index (χ3n) is 2.03. The van der Waals surface area contributed by atoms with Gasteiger partial charge in [0.2, 0.25) is 5.91 Å². The Labute approximate surface area is 85.8 Å². The van der Waals surface area contributed by atoms with Gasteiger partial charge in [-0.05, 0) is 25.2 Å². The number of amides is 1. The molecule has 0 heterocycles. The normalized spacial score (nSPS) is 13.8. The van der Waals surface area contributed by atoms with E-state index >= 15 is 0 Å². The zero-order valence-corrected chi connectivity index (χ0v) is 8.92. The van der Waals surface area contributed by atoms with E-state index in [-0.39, 0.29) is 11.9 Å². The molecule has 0 radical (unpaired) electrons. The smallest absolute Gasteiger partial charge is 0.217 e. The molecule has 0 saturated heterocycles. The van der Waals surface area contributed by atoms with Gasteiger partial charge < -0.3 is 5.32 Å². The quantitative estimate of drug-likeness (QED) is 0.657. The first kappa shape index (κ1) is 12.7. The lowest BCUT2D eigenvalue weighted by Gasteiger charge is -2.14. The number of hydrogen-bond donors (Lipinski definition) is 1. The average Bonchev–Trinajstić information content (AvgIpc) is 2.12. The Morgan fingerprint density at radius 2 is 2.36 bits per heavy atom. The summed E-state index contributed by atoms with van der Waals surface area (Å²) in [5.41, 5.74) is 0. The van der Waals surface area contributed by atoms with Gasteiger partial charge in [0, 0.05) is 6.92 Å². The van der Waals surface area contributed by atoms with Crippen LogP contribution >= 0.6 is 0 Å². The molecule has 0 aromatic heterocycles. The fourth-order valence-corrected chi connectivity index (χ4v) is 1.31. The van der Waals surface area contributed by atoms with Crippen LogP contribution in [0.5, 0.6) is 0 Å². The van der Waals surface area contributed by atoms with Crippen LogP contribution in [0, 0.1) is 17.2 Å². The Morgan fingerprint density at radius 1 is 1.71 bits per heavy atom. The van der Waals surface area contributed by atoms with E-state index < -0.39 is 0 Å². The van der Waals surface area contributed by atoms with Crippen LogP contribution in [0.3, 0.4) is 0 Å². The fraction of sp³-hybridized carbons (Fsp3) is 0.636. The largest absolute Gasteiger partial charge is 0.341 e. The van der Waals surface area contributed by atoms with E-state index in [0.29, 0.717) is 12.3 Å². The molecule has 0 aromatic rings. The van der Waals surface area contributed by atoms with Gasteiger partial charge in [-0.15, -0.1) is 6.58 Å². The maximum atomic E-state index is 10.7. The number of allylic oxidation sites excluding steroid dienone is 1. The molecule has 0 spiro atoms. The van der Waals surface area contributed by atoms with Crippen molar-refractivity contribution in [1.82, 2.24) is 5.32 Å². The Morgan fingerprint density at radius 3 is 2.79 bits per heavy atom. The zero-order valence-electron chi connectivity index (χ0n) is 8.92. The Balaban J connectivity index is 3.86. The summed E-state index contributed by atoms with van der Waals surface area (Å²) >= 11 is 0. The first-order valence-corrected chi connectivity index (χ1v) is 4.87. The van der Waals surface area contributed by atoms with Gasteiger partial charge in [0.25, 0.3) is 0 Å². The van der Waals surface area contributed by atoms with E-state index in [1.165, 1.54) is 6.92 Å². The lowest BCUT2D eigenvalue weighted by Crippen LogP contribution is -2.33. The second-order valence-electron chi connectivity index (χ2n) is 3.59. The molecule has 78 valence electrons. The molecule has 14 heavy (non-hydrogen) atoms. The molecule has 0 aliphatic carbocycles. The molecule has 1 amide bonds. The minimum absolute atomic E-state index is 0.146. The van der Waals surface area contributed by atoms with Gasteiger partial charge >= 0.3 is 0 Å². The highest BCUT2D eigenvalue weighted by atomic mass is 16.1. The second-order valence-corrected chi connectivity index (χ2v) is 3.59. The van der Waals surface area contributed by atoms with Gasteiger partial charge in [-0.2, -0.15) is 5.26 Å². The standard InChI is InChI=1S/C11H18N2O/c1-4-5-6-9(2)7-11(8-12)13-10(3)14/h4,9,11H,1,5-7H2,2-3H3,(H,13,14)/t9?,11-/m1/s1. The second kappa shape index (κ2) is 7.14. The third kappa shape index (κ3) is 6.24. The van der Waals surface area contributed by atoms with Crippen molar-refractivity contribution < 1.29 is 4.79 Å².